The van der Waals surface area contributed by atoms with Crippen molar-refractivity contribution in [1.82, 2.24) is 24.9 Å². The number of aryl methyl sites for hydroxylation is 1. The number of rotatable bonds is 5. The fraction of sp³-hybridized carbons (Fsp3) is 0.364. The van der Waals surface area contributed by atoms with Gasteiger partial charge in [-0.15, -0.1) is 0 Å². The first-order chi connectivity index (χ1) is 15.2. The number of carbonyl (C=O) groups excluding carboxylic acids is 1. The number of hydrogen-bond donors (Lipinski definition) is 2. The molecule has 4 rings (SSSR count). The van der Waals surface area contributed by atoms with Crippen molar-refractivity contribution in [3.63, 3.8) is 0 Å². The van der Waals surface area contributed by atoms with Crippen molar-refractivity contribution in [1.29, 1.82) is 0 Å². The Hall–Kier alpha value is -3.53. The van der Waals surface area contributed by atoms with Gasteiger partial charge in [0.2, 0.25) is 5.75 Å². The lowest BCUT2D eigenvalue weighted by Gasteiger charge is -2.42. The monoisotopic (exact) mass is 441 g/mol. The van der Waals surface area contributed by atoms with E-state index in [1.807, 2.05) is 26.8 Å². The molecule has 0 radical (unpaired) electrons. The van der Waals surface area contributed by atoms with E-state index in [1.165, 1.54) is 28.8 Å². The standard InChI is InChI=1S/C22H24FN5O4/c1-13-10-16(32-26-13)12-27-8-9-28-20(31)18(29)17(25-21(28)22(27,2)3)19(30)24-11-14-4-6-15(23)7-5-14/h4-7,10,29H,8-9,11-12H2,1-3H3,(H,24,30). The molecule has 0 spiro atoms. The molecule has 3 aromatic rings. The summed E-state index contributed by atoms with van der Waals surface area (Å²) in [7, 11) is 0. The summed E-state index contributed by atoms with van der Waals surface area (Å²) in [5, 5.41) is 16.9. The van der Waals surface area contributed by atoms with Gasteiger partial charge in [0, 0.05) is 25.7 Å². The highest BCUT2D eigenvalue weighted by Crippen LogP contribution is 2.32. The molecule has 0 bridgehead atoms. The number of carbonyl (C=O) groups is 1. The van der Waals surface area contributed by atoms with Gasteiger partial charge < -0.3 is 14.9 Å². The summed E-state index contributed by atoms with van der Waals surface area (Å²) in [5.74, 6) is -0.710. The minimum Gasteiger partial charge on any atom is -0.501 e. The summed E-state index contributed by atoms with van der Waals surface area (Å²) < 4.78 is 19.8. The Bertz CT molecular complexity index is 1220. The first-order valence-electron chi connectivity index (χ1n) is 10.2. The van der Waals surface area contributed by atoms with E-state index in [4.69, 9.17) is 4.52 Å². The number of halogens is 1. The molecule has 168 valence electrons. The molecule has 1 amide bonds. The van der Waals surface area contributed by atoms with Crippen LogP contribution in [0.25, 0.3) is 0 Å². The lowest BCUT2D eigenvalue weighted by molar-refractivity contribution is 0.0562. The molecule has 10 heteroatoms. The van der Waals surface area contributed by atoms with Crippen molar-refractivity contribution in [3.8, 4) is 5.75 Å². The van der Waals surface area contributed by atoms with E-state index < -0.39 is 22.8 Å². The number of aromatic hydroxyl groups is 1. The van der Waals surface area contributed by atoms with Crippen LogP contribution in [0.3, 0.4) is 0 Å². The molecule has 0 atom stereocenters. The van der Waals surface area contributed by atoms with Crippen LogP contribution in [0.1, 0.15) is 47.2 Å². The summed E-state index contributed by atoms with van der Waals surface area (Å²) in [5.41, 5.74) is -0.283. The zero-order valence-electron chi connectivity index (χ0n) is 18.1. The number of hydrogen-bond acceptors (Lipinski definition) is 7. The van der Waals surface area contributed by atoms with Crippen molar-refractivity contribution in [2.45, 2.75) is 45.9 Å². The van der Waals surface area contributed by atoms with Crippen LogP contribution in [-0.2, 0) is 25.2 Å². The maximum absolute atomic E-state index is 13.1. The van der Waals surface area contributed by atoms with Gasteiger partial charge in [-0.3, -0.25) is 19.1 Å². The molecule has 0 unspecified atom stereocenters. The van der Waals surface area contributed by atoms with Crippen molar-refractivity contribution < 1.29 is 18.8 Å². The SMILES string of the molecule is Cc1cc(CN2CCn3c(nc(C(=O)NCc4ccc(F)cc4)c(O)c3=O)C2(C)C)on1. The summed E-state index contributed by atoms with van der Waals surface area (Å²) in [6.07, 6.45) is 0. The highest BCUT2D eigenvalue weighted by Gasteiger charge is 2.39. The number of benzene rings is 1. The topological polar surface area (TPSA) is 113 Å². The molecule has 2 N–H and O–H groups in total. The molecule has 1 aliphatic rings. The zero-order valence-corrected chi connectivity index (χ0v) is 18.1. The number of amides is 1. The Morgan fingerprint density at radius 1 is 1.28 bits per heavy atom. The van der Waals surface area contributed by atoms with Crippen LogP contribution in [0.15, 0.2) is 39.6 Å². The summed E-state index contributed by atoms with van der Waals surface area (Å²) in [4.78, 5) is 32.0. The Kier molecular flexibility index (Phi) is 5.55. The molecule has 32 heavy (non-hydrogen) atoms. The van der Waals surface area contributed by atoms with E-state index in [9.17, 15) is 19.1 Å². The normalized spacial score (nSPS) is 15.4. The second kappa shape index (κ2) is 8.19. The third-order valence-corrected chi connectivity index (χ3v) is 5.68. The van der Waals surface area contributed by atoms with Crippen LogP contribution in [0, 0.1) is 12.7 Å². The van der Waals surface area contributed by atoms with Gasteiger partial charge in [0.25, 0.3) is 11.5 Å². The van der Waals surface area contributed by atoms with Crippen LogP contribution in [-0.4, -0.2) is 37.2 Å². The lowest BCUT2D eigenvalue weighted by Crippen LogP contribution is -2.52. The Balaban J connectivity index is 1.61. The molecule has 0 saturated carbocycles. The van der Waals surface area contributed by atoms with Crippen molar-refractivity contribution in [2.75, 3.05) is 6.54 Å². The van der Waals surface area contributed by atoms with Gasteiger partial charge >= 0.3 is 0 Å². The summed E-state index contributed by atoms with van der Waals surface area (Å²) in [6.45, 7) is 7.01. The van der Waals surface area contributed by atoms with Gasteiger partial charge in [0.15, 0.2) is 11.5 Å². The van der Waals surface area contributed by atoms with Gasteiger partial charge in [-0.25, -0.2) is 9.37 Å². The number of nitrogens with one attached hydrogen (secondary N) is 1. The van der Waals surface area contributed by atoms with E-state index in [-0.39, 0.29) is 18.1 Å². The third kappa shape index (κ3) is 4.01. The van der Waals surface area contributed by atoms with Gasteiger partial charge in [0.1, 0.15) is 11.6 Å². The van der Waals surface area contributed by atoms with Crippen molar-refractivity contribution in [3.05, 3.63) is 75.0 Å². The van der Waals surface area contributed by atoms with Crippen LogP contribution < -0.4 is 10.9 Å². The molecule has 0 fully saturated rings. The van der Waals surface area contributed by atoms with Crippen molar-refractivity contribution in [2.24, 2.45) is 0 Å². The maximum atomic E-state index is 13.1. The minimum absolute atomic E-state index is 0.0962. The molecule has 1 aromatic carbocycles. The van der Waals surface area contributed by atoms with Crippen LogP contribution in [0.2, 0.25) is 0 Å². The van der Waals surface area contributed by atoms with E-state index in [0.717, 1.165) is 5.69 Å². The van der Waals surface area contributed by atoms with Gasteiger partial charge in [-0.2, -0.15) is 0 Å². The molecule has 0 saturated heterocycles. The first kappa shape index (κ1) is 21.7. The minimum atomic E-state index is -0.724. The smallest absolute Gasteiger partial charge is 0.296 e. The average molecular weight is 441 g/mol. The van der Waals surface area contributed by atoms with Gasteiger partial charge in [0.05, 0.1) is 17.8 Å². The maximum Gasteiger partial charge on any atom is 0.296 e. The van der Waals surface area contributed by atoms with E-state index in [1.54, 1.807) is 0 Å². The molecular formula is C22H24FN5O4. The van der Waals surface area contributed by atoms with E-state index >= 15 is 0 Å². The predicted octanol–water partition coefficient (Wildman–Crippen LogP) is 2.07. The van der Waals surface area contributed by atoms with Crippen LogP contribution in [0.4, 0.5) is 4.39 Å². The zero-order chi connectivity index (χ0) is 23.0. The number of nitrogens with zero attached hydrogens (tertiary/aromatic N) is 4. The highest BCUT2D eigenvalue weighted by molar-refractivity contribution is 5.94. The Labute approximate surface area is 183 Å². The second-order valence-corrected chi connectivity index (χ2v) is 8.31. The predicted molar refractivity (Wildman–Crippen MR) is 112 cm³/mol. The molecule has 3 heterocycles. The molecule has 0 aliphatic carbocycles. The quantitative estimate of drug-likeness (QED) is 0.623. The van der Waals surface area contributed by atoms with Crippen LogP contribution >= 0.6 is 0 Å². The van der Waals surface area contributed by atoms with E-state index in [2.05, 4.69) is 20.4 Å². The molecule has 2 aromatic heterocycles. The highest BCUT2D eigenvalue weighted by atomic mass is 19.1. The average Bonchev–Trinajstić information content (AvgIpc) is 3.16. The molecule has 9 nitrogen and oxygen atoms in total. The Morgan fingerprint density at radius 2 is 2.00 bits per heavy atom. The fourth-order valence-corrected chi connectivity index (χ4v) is 3.84. The Morgan fingerprint density at radius 3 is 2.66 bits per heavy atom. The number of fused-ring (bicyclic) bond motifs is 1. The van der Waals surface area contributed by atoms with E-state index in [0.29, 0.717) is 36.8 Å². The fourth-order valence-electron chi connectivity index (χ4n) is 3.84. The second-order valence-electron chi connectivity index (χ2n) is 8.31. The first-order valence-corrected chi connectivity index (χ1v) is 10.2. The number of aromatic nitrogens is 3. The summed E-state index contributed by atoms with van der Waals surface area (Å²) >= 11 is 0. The molecule has 1 aliphatic heterocycles. The van der Waals surface area contributed by atoms with Gasteiger partial charge in [-0.1, -0.05) is 17.3 Å². The molecular weight excluding hydrogens is 417 g/mol. The third-order valence-electron chi connectivity index (χ3n) is 5.68. The summed E-state index contributed by atoms with van der Waals surface area (Å²) in [6, 6.07) is 7.50. The van der Waals surface area contributed by atoms with Crippen LogP contribution in [0.5, 0.6) is 5.75 Å². The largest absolute Gasteiger partial charge is 0.501 e. The lowest BCUT2D eigenvalue weighted by atomic mass is 9.97. The van der Waals surface area contributed by atoms with Crippen molar-refractivity contribution >= 4 is 5.91 Å². The van der Waals surface area contributed by atoms with Gasteiger partial charge in [-0.05, 0) is 38.5 Å².